The third kappa shape index (κ3) is 2.63. The Morgan fingerprint density at radius 1 is 0.958 bits per heavy atom. The van der Waals surface area contributed by atoms with Crippen molar-refractivity contribution >= 4 is 16.8 Å². The van der Waals surface area contributed by atoms with Gasteiger partial charge in [-0.3, -0.25) is 5.43 Å². The highest BCUT2D eigenvalue weighted by Crippen LogP contribution is 2.37. The van der Waals surface area contributed by atoms with E-state index in [9.17, 15) is 0 Å². The number of aryl methyl sites for hydroxylation is 1. The molecule has 3 nitrogen and oxygen atoms in total. The Morgan fingerprint density at radius 2 is 1.62 bits per heavy atom. The Kier molecular flexibility index (Phi) is 3.90. The van der Waals surface area contributed by atoms with Gasteiger partial charge in [0, 0.05) is 28.2 Å². The third-order valence-corrected chi connectivity index (χ3v) is 5.45. The van der Waals surface area contributed by atoms with Gasteiger partial charge in [-0.1, -0.05) is 60.3 Å². The van der Waals surface area contributed by atoms with Gasteiger partial charge in [-0.2, -0.15) is 5.10 Å². The van der Waals surface area contributed by atoms with Gasteiger partial charge < -0.3 is 4.57 Å². The molecular weight excluding hydrogens is 314 g/mol. The zero-order valence-corrected chi connectivity index (χ0v) is 14.5. The van der Waals surface area contributed by atoms with E-state index in [1.54, 1.807) is 11.8 Å². The second-order valence-corrected chi connectivity index (χ2v) is 7.00. The maximum Gasteiger partial charge on any atom is 0.126 e. The highest BCUT2D eigenvalue weighted by Gasteiger charge is 2.26. The molecule has 2 aromatic carbocycles. The van der Waals surface area contributed by atoms with Gasteiger partial charge in [-0.15, -0.1) is 0 Å². The first kappa shape index (κ1) is 15.1. The number of hydrogen-bond donors (Lipinski definition) is 1. The van der Waals surface area contributed by atoms with Crippen molar-refractivity contribution in [2.45, 2.75) is 19.2 Å². The average molecular weight is 333 g/mol. The number of para-hydroxylation sites is 1. The monoisotopic (exact) mass is 333 g/mol. The van der Waals surface area contributed by atoms with Crippen molar-refractivity contribution in [1.29, 1.82) is 0 Å². The average Bonchev–Trinajstić information content (AvgIpc) is 3.21. The van der Waals surface area contributed by atoms with E-state index < -0.39 is 0 Å². The largest absolute Gasteiger partial charge is 0.318 e. The highest BCUT2D eigenvalue weighted by atomic mass is 32.2. The van der Waals surface area contributed by atoms with E-state index in [4.69, 9.17) is 0 Å². The Balaban J connectivity index is 1.63. The molecule has 3 aromatic rings. The van der Waals surface area contributed by atoms with Crippen LogP contribution in [-0.4, -0.2) is 9.61 Å². The fourth-order valence-electron chi connectivity index (χ4n) is 3.16. The number of benzene rings is 2. The Morgan fingerprint density at radius 3 is 2.33 bits per heavy atom. The summed E-state index contributed by atoms with van der Waals surface area (Å²) in [7, 11) is 0. The zero-order valence-electron chi connectivity index (χ0n) is 13.7. The van der Waals surface area contributed by atoms with Crippen molar-refractivity contribution < 1.29 is 0 Å². The summed E-state index contributed by atoms with van der Waals surface area (Å²) in [6.45, 7) is 4.33. The van der Waals surface area contributed by atoms with Crippen molar-refractivity contribution in [1.82, 2.24) is 9.99 Å². The van der Waals surface area contributed by atoms with Gasteiger partial charge in [0.1, 0.15) is 10.4 Å². The topological polar surface area (TPSA) is 29.3 Å². The number of hydrazone groups is 1. The van der Waals surface area contributed by atoms with Crippen LogP contribution in [-0.2, 0) is 0 Å². The zero-order chi connectivity index (χ0) is 16.5. The van der Waals surface area contributed by atoms with E-state index in [1.807, 2.05) is 24.3 Å². The molecule has 1 atom stereocenters. The normalized spacial score (nSPS) is 16.8. The summed E-state index contributed by atoms with van der Waals surface area (Å²) in [5.41, 5.74) is 9.44. The van der Waals surface area contributed by atoms with Crippen molar-refractivity contribution in [3.8, 4) is 5.69 Å². The van der Waals surface area contributed by atoms with Gasteiger partial charge in [0.2, 0.25) is 0 Å². The minimum atomic E-state index is 0.156. The first-order valence-corrected chi connectivity index (χ1v) is 8.91. The van der Waals surface area contributed by atoms with Crippen LogP contribution in [0.1, 0.15) is 27.9 Å². The van der Waals surface area contributed by atoms with Gasteiger partial charge in [0.25, 0.3) is 0 Å². The third-order valence-electron chi connectivity index (χ3n) is 4.30. The lowest BCUT2D eigenvalue weighted by atomic mass is 10.2. The quantitative estimate of drug-likeness (QED) is 0.746. The predicted molar refractivity (Wildman–Crippen MR) is 102 cm³/mol. The first-order valence-electron chi connectivity index (χ1n) is 8.03. The maximum atomic E-state index is 4.54. The fraction of sp³-hybridized carbons (Fsp3) is 0.150. The molecule has 2 heterocycles. The molecule has 120 valence electrons. The first-order chi connectivity index (χ1) is 11.7. The van der Waals surface area contributed by atoms with Crippen LogP contribution in [0.15, 0.2) is 71.8 Å². The lowest BCUT2D eigenvalue weighted by Gasteiger charge is -2.12. The molecule has 0 saturated carbocycles. The van der Waals surface area contributed by atoms with E-state index in [0.717, 1.165) is 10.6 Å². The summed E-state index contributed by atoms with van der Waals surface area (Å²) in [6.07, 6.45) is 0. The molecule has 0 fully saturated rings. The Labute approximate surface area is 146 Å². The summed E-state index contributed by atoms with van der Waals surface area (Å²) in [5, 5.41) is 5.74. The molecule has 24 heavy (non-hydrogen) atoms. The summed E-state index contributed by atoms with van der Waals surface area (Å²) in [4.78, 5) is 0. The smallest absolute Gasteiger partial charge is 0.126 e. The highest BCUT2D eigenvalue weighted by molar-refractivity contribution is 8.14. The maximum absolute atomic E-state index is 4.54. The number of nitrogens with zero attached hydrogens (tertiary/aromatic N) is 2. The van der Waals surface area contributed by atoms with Gasteiger partial charge in [-0.05, 0) is 32.0 Å². The van der Waals surface area contributed by atoms with Crippen molar-refractivity contribution in [3.63, 3.8) is 0 Å². The molecule has 4 rings (SSSR count). The van der Waals surface area contributed by atoms with Crippen LogP contribution in [0, 0.1) is 13.8 Å². The molecule has 0 saturated heterocycles. The fourth-order valence-corrected chi connectivity index (χ4v) is 4.23. The molecule has 0 bridgehead atoms. The Bertz CT molecular complexity index is 882. The second-order valence-electron chi connectivity index (χ2n) is 5.91. The summed E-state index contributed by atoms with van der Waals surface area (Å²) in [6, 6.07) is 23.1. The van der Waals surface area contributed by atoms with Gasteiger partial charge in [0.05, 0.1) is 0 Å². The number of rotatable bonds is 3. The van der Waals surface area contributed by atoms with E-state index in [0.29, 0.717) is 0 Å². The molecular formula is C20H19N3S. The van der Waals surface area contributed by atoms with Crippen LogP contribution in [0.4, 0.5) is 0 Å². The van der Waals surface area contributed by atoms with Gasteiger partial charge in [0.15, 0.2) is 0 Å². The summed E-state index contributed by atoms with van der Waals surface area (Å²) < 4.78 is 2.30. The molecule has 0 aliphatic carbocycles. The van der Waals surface area contributed by atoms with Crippen LogP contribution >= 0.6 is 11.8 Å². The molecule has 0 amide bonds. The molecule has 1 aromatic heterocycles. The Hall–Kier alpha value is -2.46. The van der Waals surface area contributed by atoms with E-state index in [2.05, 4.69) is 71.4 Å². The molecule has 1 aliphatic heterocycles. The van der Waals surface area contributed by atoms with E-state index in [-0.39, 0.29) is 5.37 Å². The van der Waals surface area contributed by atoms with Gasteiger partial charge in [-0.25, -0.2) is 0 Å². The van der Waals surface area contributed by atoms with Crippen LogP contribution in [0.25, 0.3) is 5.69 Å². The van der Waals surface area contributed by atoms with Crippen molar-refractivity contribution in [3.05, 3.63) is 89.2 Å². The van der Waals surface area contributed by atoms with Gasteiger partial charge >= 0.3 is 0 Å². The molecule has 1 aliphatic rings. The van der Waals surface area contributed by atoms with Crippen molar-refractivity contribution in [2.75, 3.05) is 0 Å². The number of hydrogen-bond acceptors (Lipinski definition) is 3. The number of thioether (sulfide) groups is 1. The van der Waals surface area contributed by atoms with E-state index >= 15 is 0 Å². The predicted octanol–water partition coefficient (Wildman–Crippen LogP) is 4.79. The molecule has 0 radical (unpaired) electrons. The lowest BCUT2D eigenvalue weighted by molar-refractivity contribution is 0.737. The second kappa shape index (κ2) is 6.21. The molecule has 4 heteroatoms. The molecule has 1 N–H and O–H groups in total. The van der Waals surface area contributed by atoms with Crippen LogP contribution < -0.4 is 5.43 Å². The number of aromatic nitrogens is 1. The molecule has 0 spiro atoms. The molecule has 0 unspecified atom stereocenters. The SMILES string of the molecule is Cc1cc([C@@H]2NN=C(c3ccccc3)S2)c(C)n1-c1ccccc1. The standard InChI is InChI=1S/C20H19N3S/c1-14-13-18(15(2)23(14)17-11-7-4-8-12-17)20-22-21-19(24-20)16-9-5-3-6-10-16/h3-13,20,22H,1-2H3/t20-/m1/s1. The lowest BCUT2D eigenvalue weighted by Crippen LogP contribution is -2.08. The van der Waals surface area contributed by atoms with E-state index in [1.165, 1.54) is 22.6 Å². The minimum absolute atomic E-state index is 0.156. The minimum Gasteiger partial charge on any atom is -0.318 e. The summed E-state index contributed by atoms with van der Waals surface area (Å²) in [5.74, 6) is 0. The van der Waals surface area contributed by atoms with Crippen LogP contribution in [0.2, 0.25) is 0 Å². The van der Waals surface area contributed by atoms with Crippen LogP contribution in [0.3, 0.4) is 0 Å². The van der Waals surface area contributed by atoms with Crippen molar-refractivity contribution in [2.24, 2.45) is 5.10 Å². The number of nitrogens with one attached hydrogen (secondary N) is 1. The summed E-state index contributed by atoms with van der Waals surface area (Å²) >= 11 is 1.77. The van der Waals surface area contributed by atoms with Crippen LogP contribution in [0.5, 0.6) is 0 Å².